The van der Waals surface area contributed by atoms with Crippen molar-refractivity contribution in [1.29, 1.82) is 0 Å². The molecule has 122 valence electrons. The van der Waals surface area contributed by atoms with E-state index in [1.165, 1.54) is 0 Å². The fraction of sp³-hybridized carbons (Fsp3) is 0. The minimum atomic E-state index is -0.00949. The van der Waals surface area contributed by atoms with Crippen LogP contribution in [0.5, 0.6) is 0 Å². The number of benzene rings is 4. The molecule has 0 saturated carbocycles. The molecule has 0 atom stereocenters. The Kier molecular flexibility index (Phi) is 6.32. The van der Waals surface area contributed by atoms with Crippen LogP contribution < -0.4 is 76.5 Å². The lowest BCUT2D eigenvalue weighted by Gasteiger charge is -2.30. The van der Waals surface area contributed by atoms with Gasteiger partial charge >= 0.3 is 0 Å². The van der Waals surface area contributed by atoms with Crippen molar-refractivity contribution in [2.45, 2.75) is 0 Å². The second-order valence-corrected chi connectivity index (χ2v) is 8.04. The van der Waals surface area contributed by atoms with Crippen molar-refractivity contribution in [3.63, 3.8) is 0 Å². The van der Waals surface area contributed by atoms with Crippen molar-refractivity contribution in [2.24, 2.45) is 0 Å². The molecule has 0 bridgehead atoms. The topological polar surface area (TPSA) is 0 Å². The Morgan fingerprint density at radius 2 is 0.412 bits per heavy atom. The highest BCUT2D eigenvalue weighted by Gasteiger charge is 2.24. The lowest BCUT2D eigenvalue weighted by atomic mass is 9.56. The van der Waals surface area contributed by atoms with Gasteiger partial charge in [0.2, 0.25) is 0 Å². The molecule has 0 spiro atoms. The van der Waals surface area contributed by atoms with Gasteiger partial charge in [0.1, 0.15) is 110 Å². The van der Waals surface area contributed by atoms with Crippen LogP contribution in [-0.2, 0) is 0 Å². The summed E-state index contributed by atoms with van der Waals surface area (Å²) in [7, 11) is 87.7. The molecule has 4 rings (SSSR count). The first-order valence-electron chi connectivity index (χ1n) is 9.79. The van der Waals surface area contributed by atoms with Crippen molar-refractivity contribution >= 4 is 208 Å². The molecule has 4 aromatic carbocycles. The first-order valence-corrected chi connectivity index (χ1v) is 9.79. The van der Waals surface area contributed by atoms with Gasteiger partial charge in [0, 0.05) is 0 Å². The highest BCUT2D eigenvalue weighted by atomic mass is 14.2. The van der Waals surface area contributed by atoms with Crippen LogP contribution in [0.15, 0.2) is 0 Å². The lowest BCUT2D eigenvalue weighted by molar-refractivity contribution is 1.90. The zero-order valence-corrected chi connectivity index (χ0v) is 18.1. The smallest absolute Gasteiger partial charge is 0.112 e. The largest absolute Gasteiger partial charge is 0.115 e. The second kappa shape index (κ2) is 8.46. The average molecular weight is 392 g/mol. The predicted molar refractivity (Wildman–Crippen MR) is 162 cm³/mol. The summed E-state index contributed by atoms with van der Waals surface area (Å²) in [5, 5.41) is 0.947. The maximum atomic E-state index is 6.54. The van der Waals surface area contributed by atoms with E-state index >= 15 is 0 Å². The van der Waals surface area contributed by atoms with Gasteiger partial charge in [-0.3, -0.25) is 0 Å². The molecular weight excluding hydrogens is 392 g/mol. The van der Waals surface area contributed by atoms with Crippen LogP contribution in [0.25, 0.3) is 32.7 Å². The van der Waals surface area contributed by atoms with Crippen LogP contribution in [0, 0.1) is 0 Å². The Bertz CT molecular complexity index is 1480. The molecule has 0 fully saturated rings. The molecule has 4 aromatic rings. The number of hydrogen-bond donors (Lipinski definition) is 0. The average Bonchev–Trinajstić information content (AvgIpc) is 2.81. The summed E-state index contributed by atoms with van der Waals surface area (Å²) in [5.41, 5.74) is 0.691. The van der Waals surface area contributed by atoms with Crippen molar-refractivity contribution in [3.05, 3.63) is 0 Å². The zero-order valence-electron chi connectivity index (χ0n) is 18.1. The fourth-order valence-corrected chi connectivity index (χ4v) is 4.36. The molecule has 0 unspecified atom stereocenters. The van der Waals surface area contributed by atoms with Crippen molar-refractivity contribution in [3.8, 4) is 11.1 Å². The van der Waals surface area contributed by atoms with Crippen LogP contribution in [0.2, 0.25) is 0 Å². The van der Waals surface area contributed by atoms with Gasteiger partial charge in [-0.05, 0) is 32.7 Å². The summed E-state index contributed by atoms with van der Waals surface area (Å²) >= 11 is 0. The van der Waals surface area contributed by atoms with E-state index in [4.69, 9.17) is 110 Å². The molecule has 0 aliphatic rings. The summed E-state index contributed by atoms with van der Waals surface area (Å²) < 4.78 is 0. The minimum absolute atomic E-state index is 0.00157. The SMILES string of the molecule is [B]c1c([B])c([B])c(-c2c3c([B])c([B])c([B])c([B])c3c([B])c3c([B])c([B])c([B])c([B])c23)c([B])c1[B]. The number of fused-ring (bicyclic) bond motifs is 2. The predicted octanol–water partition coefficient (Wildman–Crippen LogP) is -11.2. The monoisotopic (exact) mass is 394 g/mol. The summed E-state index contributed by atoms with van der Waals surface area (Å²) in [4.78, 5) is 0. The summed E-state index contributed by atoms with van der Waals surface area (Å²) in [6.45, 7) is 0. The maximum absolute atomic E-state index is 6.54. The molecule has 0 nitrogen and oxygen atoms in total. The van der Waals surface area contributed by atoms with Crippen LogP contribution in [-0.4, -0.2) is 110 Å². The molecule has 0 saturated heterocycles. The van der Waals surface area contributed by atoms with E-state index in [2.05, 4.69) is 0 Å². The summed E-state index contributed by atoms with van der Waals surface area (Å²) in [6, 6.07) is 0. The van der Waals surface area contributed by atoms with Crippen LogP contribution in [0.4, 0.5) is 0 Å². The Hall–Kier alpha value is -1.69. The van der Waals surface area contributed by atoms with E-state index in [9.17, 15) is 0 Å². The Morgan fingerprint density at radius 1 is 0.176 bits per heavy atom. The highest BCUT2D eigenvalue weighted by Crippen LogP contribution is 2.29. The Labute approximate surface area is 218 Å². The first-order chi connectivity index (χ1) is 15.7. The molecule has 0 amide bonds. The first kappa shape index (κ1) is 25.4. The standard InChI is InChI=1S/C20B14/c21-7-5-2(8(22)14(28)16(30)12(5)26)1(3-6(7)13(27)17(31)15(29)9(3)23)4-10(24)18(32)20(34)19(33)11(4)25. The minimum Gasteiger partial charge on any atom is -0.112 e. The van der Waals surface area contributed by atoms with Crippen molar-refractivity contribution in [1.82, 2.24) is 0 Å². The summed E-state index contributed by atoms with van der Waals surface area (Å²) in [5.74, 6) is 0. The van der Waals surface area contributed by atoms with Crippen LogP contribution >= 0.6 is 0 Å². The molecule has 28 radical (unpaired) electrons. The normalized spacial score (nSPS) is 11.4. The van der Waals surface area contributed by atoms with Gasteiger partial charge in [-0.2, -0.15) is 0 Å². The van der Waals surface area contributed by atoms with Crippen molar-refractivity contribution in [2.75, 3.05) is 0 Å². The Balaban J connectivity index is 2.55. The third-order valence-corrected chi connectivity index (χ3v) is 6.31. The molecule has 14 heteroatoms. The molecule has 0 aliphatic heterocycles. The fourth-order valence-electron chi connectivity index (χ4n) is 4.36. The van der Waals surface area contributed by atoms with E-state index in [0.717, 1.165) is 0 Å². The molecule has 34 heavy (non-hydrogen) atoms. The highest BCUT2D eigenvalue weighted by molar-refractivity contribution is 6.75. The molecule has 0 heterocycles. The van der Waals surface area contributed by atoms with Gasteiger partial charge in [-0.15, -0.1) is 38.2 Å². The Morgan fingerprint density at radius 3 is 0.735 bits per heavy atom. The van der Waals surface area contributed by atoms with Crippen molar-refractivity contribution < 1.29 is 0 Å². The number of hydrogen-bond acceptors (Lipinski definition) is 0. The zero-order chi connectivity index (χ0) is 25.5. The van der Waals surface area contributed by atoms with Gasteiger partial charge in [0.25, 0.3) is 0 Å². The second-order valence-electron chi connectivity index (χ2n) is 8.04. The summed E-state index contributed by atoms with van der Waals surface area (Å²) in [6.07, 6.45) is 0. The van der Waals surface area contributed by atoms with Gasteiger partial charge in [-0.25, -0.2) is 0 Å². The molecule has 0 aromatic heterocycles. The lowest BCUT2D eigenvalue weighted by Crippen LogP contribution is -2.56. The quantitative estimate of drug-likeness (QED) is 0.223. The van der Waals surface area contributed by atoms with Gasteiger partial charge < -0.3 is 0 Å². The van der Waals surface area contributed by atoms with Gasteiger partial charge in [0.15, 0.2) is 0 Å². The van der Waals surface area contributed by atoms with Crippen LogP contribution in [0.1, 0.15) is 0 Å². The number of rotatable bonds is 1. The third kappa shape index (κ3) is 3.19. The van der Waals surface area contributed by atoms with E-state index < -0.39 is 0 Å². The molecular formula is C20B14. The maximum Gasteiger partial charge on any atom is 0.115 e. The third-order valence-electron chi connectivity index (χ3n) is 6.31. The van der Waals surface area contributed by atoms with E-state index in [1.54, 1.807) is 0 Å². The van der Waals surface area contributed by atoms with E-state index in [-0.39, 0.29) is 109 Å². The van der Waals surface area contributed by atoms with E-state index in [0.29, 0.717) is 0 Å². The van der Waals surface area contributed by atoms with Crippen LogP contribution in [0.3, 0.4) is 0 Å². The van der Waals surface area contributed by atoms with Gasteiger partial charge in [-0.1, -0.05) is 38.2 Å². The van der Waals surface area contributed by atoms with Gasteiger partial charge in [0.05, 0.1) is 0 Å². The van der Waals surface area contributed by atoms with E-state index in [1.807, 2.05) is 0 Å². The molecule has 0 N–H and O–H groups in total. The molecule has 0 aliphatic carbocycles.